The molecule has 6 nitrogen and oxygen atoms in total. The van der Waals surface area contributed by atoms with Crippen molar-refractivity contribution in [3.63, 3.8) is 0 Å². The van der Waals surface area contributed by atoms with Crippen LogP contribution >= 0.6 is 11.8 Å². The van der Waals surface area contributed by atoms with Crippen LogP contribution in [-0.2, 0) is 4.74 Å². The van der Waals surface area contributed by atoms with Crippen LogP contribution in [0.15, 0.2) is 58.3 Å². The lowest BCUT2D eigenvalue weighted by Gasteiger charge is -2.13. The number of ether oxygens (including phenoxy) is 1. The van der Waals surface area contributed by atoms with E-state index in [0.29, 0.717) is 12.1 Å². The van der Waals surface area contributed by atoms with Crippen molar-refractivity contribution in [2.75, 3.05) is 13.2 Å². The molecule has 0 aliphatic carbocycles. The van der Waals surface area contributed by atoms with Crippen LogP contribution in [0.5, 0.6) is 0 Å². The Labute approximate surface area is 149 Å². The molecule has 1 saturated heterocycles. The van der Waals surface area contributed by atoms with Crippen molar-refractivity contribution in [3.05, 3.63) is 64.2 Å². The summed E-state index contributed by atoms with van der Waals surface area (Å²) >= 11 is 1.41. The molecular weight excluding hydrogens is 340 g/mol. The number of hydrogen-bond donors (Lipinski definition) is 1. The maximum Gasteiger partial charge on any atom is 0.269 e. The molecule has 3 rings (SSSR count). The van der Waals surface area contributed by atoms with Crippen LogP contribution in [0.3, 0.4) is 0 Å². The Kier molecular flexibility index (Phi) is 5.67. The van der Waals surface area contributed by atoms with Crippen molar-refractivity contribution in [2.45, 2.75) is 28.7 Å². The van der Waals surface area contributed by atoms with Crippen molar-refractivity contribution < 1.29 is 14.5 Å². The average molecular weight is 358 g/mol. The Morgan fingerprint density at radius 2 is 2.00 bits per heavy atom. The fourth-order valence-corrected chi connectivity index (χ4v) is 3.56. The largest absolute Gasteiger partial charge is 0.376 e. The van der Waals surface area contributed by atoms with E-state index in [-0.39, 0.29) is 17.7 Å². The highest BCUT2D eigenvalue weighted by molar-refractivity contribution is 7.99. The van der Waals surface area contributed by atoms with Gasteiger partial charge in [-0.25, -0.2) is 0 Å². The minimum absolute atomic E-state index is 0.0481. The van der Waals surface area contributed by atoms with E-state index in [9.17, 15) is 14.9 Å². The zero-order chi connectivity index (χ0) is 17.6. The van der Waals surface area contributed by atoms with Crippen LogP contribution in [-0.4, -0.2) is 30.1 Å². The molecule has 2 aromatic carbocycles. The van der Waals surface area contributed by atoms with Gasteiger partial charge in [-0.3, -0.25) is 14.9 Å². The van der Waals surface area contributed by atoms with Crippen molar-refractivity contribution in [3.8, 4) is 0 Å². The zero-order valence-electron chi connectivity index (χ0n) is 13.5. The highest BCUT2D eigenvalue weighted by Crippen LogP contribution is 2.31. The van der Waals surface area contributed by atoms with Crippen LogP contribution in [0.1, 0.15) is 23.2 Å². The molecule has 130 valence electrons. The van der Waals surface area contributed by atoms with Gasteiger partial charge in [0, 0.05) is 35.1 Å². The standard InChI is InChI=1S/C18H18N2O4S/c21-18(19-12-14-4-3-11-24-14)16-5-1-2-6-17(16)25-15-9-7-13(8-10-15)20(22)23/h1-2,5-10,14H,3-4,11-12H2,(H,19,21)/t14-/m1/s1. The van der Waals surface area contributed by atoms with Crippen LogP contribution in [0.25, 0.3) is 0 Å². The van der Waals surface area contributed by atoms with Gasteiger partial charge in [-0.1, -0.05) is 23.9 Å². The van der Waals surface area contributed by atoms with Gasteiger partial charge in [-0.05, 0) is 37.1 Å². The van der Waals surface area contributed by atoms with Gasteiger partial charge in [0.25, 0.3) is 11.6 Å². The average Bonchev–Trinajstić information content (AvgIpc) is 3.14. The number of non-ortho nitro benzene ring substituents is 1. The number of hydrogen-bond acceptors (Lipinski definition) is 5. The summed E-state index contributed by atoms with van der Waals surface area (Å²) in [6.45, 7) is 1.27. The second-order valence-corrected chi connectivity index (χ2v) is 6.81. The van der Waals surface area contributed by atoms with Gasteiger partial charge in [-0.15, -0.1) is 0 Å². The van der Waals surface area contributed by atoms with Crippen molar-refractivity contribution in [2.24, 2.45) is 0 Å². The first kappa shape index (κ1) is 17.4. The summed E-state index contributed by atoms with van der Waals surface area (Å²) in [6, 6.07) is 13.6. The summed E-state index contributed by atoms with van der Waals surface area (Å²) in [5.74, 6) is -0.138. The molecule has 0 radical (unpaired) electrons. The van der Waals surface area contributed by atoms with E-state index < -0.39 is 4.92 Å². The molecule has 0 saturated carbocycles. The van der Waals surface area contributed by atoms with E-state index in [2.05, 4.69) is 5.32 Å². The predicted octanol–water partition coefficient (Wildman–Crippen LogP) is 3.65. The van der Waals surface area contributed by atoms with E-state index in [4.69, 9.17) is 4.74 Å². The Balaban J connectivity index is 1.69. The lowest BCUT2D eigenvalue weighted by atomic mass is 10.2. The fourth-order valence-electron chi connectivity index (χ4n) is 2.61. The van der Waals surface area contributed by atoms with Crippen LogP contribution < -0.4 is 5.32 Å². The number of carbonyl (C=O) groups excluding carboxylic acids is 1. The van der Waals surface area contributed by atoms with Crippen molar-refractivity contribution >= 4 is 23.4 Å². The number of benzene rings is 2. The second kappa shape index (κ2) is 8.13. The lowest BCUT2D eigenvalue weighted by Crippen LogP contribution is -2.32. The molecule has 1 amide bonds. The van der Waals surface area contributed by atoms with Gasteiger partial charge >= 0.3 is 0 Å². The summed E-state index contributed by atoms with van der Waals surface area (Å²) in [7, 11) is 0. The molecule has 1 heterocycles. The van der Waals surface area contributed by atoms with Gasteiger partial charge in [0.2, 0.25) is 0 Å². The van der Waals surface area contributed by atoms with E-state index in [1.807, 2.05) is 18.2 Å². The number of nitro benzene ring substituents is 1. The number of amides is 1. The first-order valence-electron chi connectivity index (χ1n) is 8.04. The molecule has 0 unspecified atom stereocenters. The quantitative estimate of drug-likeness (QED) is 0.629. The Hall–Kier alpha value is -2.38. The minimum Gasteiger partial charge on any atom is -0.376 e. The summed E-state index contributed by atoms with van der Waals surface area (Å²) in [5, 5.41) is 13.7. The summed E-state index contributed by atoms with van der Waals surface area (Å²) < 4.78 is 5.52. The second-order valence-electron chi connectivity index (χ2n) is 5.69. The van der Waals surface area contributed by atoms with E-state index >= 15 is 0 Å². The van der Waals surface area contributed by atoms with E-state index in [1.165, 1.54) is 23.9 Å². The van der Waals surface area contributed by atoms with Crippen LogP contribution in [0.2, 0.25) is 0 Å². The molecular formula is C18H18N2O4S. The first-order valence-corrected chi connectivity index (χ1v) is 8.86. The molecule has 1 atom stereocenters. The number of nitro groups is 1. The smallest absolute Gasteiger partial charge is 0.269 e. The van der Waals surface area contributed by atoms with Crippen molar-refractivity contribution in [1.82, 2.24) is 5.32 Å². The van der Waals surface area contributed by atoms with Crippen LogP contribution in [0, 0.1) is 10.1 Å². The molecule has 0 spiro atoms. The van der Waals surface area contributed by atoms with Crippen molar-refractivity contribution in [1.29, 1.82) is 0 Å². The highest BCUT2D eigenvalue weighted by atomic mass is 32.2. The molecule has 1 fully saturated rings. The molecule has 2 aromatic rings. The Morgan fingerprint density at radius 1 is 1.24 bits per heavy atom. The lowest BCUT2D eigenvalue weighted by molar-refractivity contribution is -0.384. The zero-order valence-corrected chi connectivity index (χ0v) is 14.3. The van der Waals surface area contributed by atoms with Gasteiger partial charge in [0.1, 0.15) is 0 Å². The number of rotatable bonds is 6. The summed E-state index contributed by atoms with van der Waals surface area (Å²) in [4.78, 5) is 24.4. The first-order chi connectivity index (χ1) is 12.1. The SMILES string of the molecule is O=C(NC[C@H]1CCCO1)c1ccccc1Sc1ccc([N+](=O)[O-])cc1. The molecule has 1 aliphatic heterocycles. The number of nitrogens with one attached hydrogen (secondary N) is 1. The minimum atomic E-state index is -0.430. The Morgan fingerprint density at radius 3 is 2.68 bits per heavy atom. The van der Waals surface area contributed by atoms with Crippen LogP contribution in [0.4, 0.5) is 5.69 Å². The molecule has 7 heteroatoms. The molecule has 0 bridgehead atoms. The maximum absolute atomic E-state index is 12.5. The van der Waals surface area contributed by atoms with Gasteiger partial charge in [0.05, 0.1) is 16.6 Å². The monoisotopic (exact) mass is 358 g/mol. The van der Waals surface area contributed by atoms with Gasteiger partial charge < -0.3 is 10.1 Å². The van der Waals surface area contributed by atoms with Gasteiger partial charge in [-0.2, -0.15) is 0 Å². The maximum atomic E-state index is 12.5. The number of nitrogens with zero attached hydrogens (tertiary/aromatic N) is 1. The third-order valence-electron chi connectivity index (χ3n) is 3.92. The normalized spacial score (nSPS) is 16.6. The molecule has 1 N–H and O–H groups in total. The molecule has 1 aliphatic rings. The molecule has 25 heavy (non-hydrogen) atoms. The predicted molar refractivity (Wildman–Crippen MR) is 95.0 cm³/mol. The topological polar surface area (TPSA) is 81.5 Å². The number of carbonyl (C=O) groups is 1. The van der Waals surface area contributed by atoms with E-state index in [0.717, 1.165) is 29.2 Å². The highest BCUT2D eigenvalue weighted by Gasteiger charge is 2.18. The third-order valence-corrected chi connectivity index (χ3v) is 5.01. The summed E-state index contributed by atoms with van der Waals surface area (Å²) in [5.41, 5.74) is 0.635. The fraction of sp³-hybridized carbons (Fsp3) is 0.278. The Bertz CT molecular complexity index is 758. The third kappa shape index (κ3) is 4.58. The van der Waals surface area contributed by atoms with Gasteiger partial charge in [0.15, 0.2) is 0 Å². The summed E-state index contributed by atoms with van der Waals surface area (Å²) in [6.07, 6.45) is 2.10. The van der Waals surface area contributed by atoms with E-state index in [1.54, 1.807) is 18.2 Å². The molecule has 0 aromatic heterocycles.